The highest BCUT2D eigenvalue weighted by Gasteiger charge is 2.31. The summed E-state index contributed by atoms with van der Waals surface area (Å²) in [6.07, 6.45) is 4.31. The second-order valence-electron chi connectivity index (χ2n) is 4.67. The number of halogens is 1. The molecule has 1 saturated heterocycles. The molecule has 17 heavy (non-hydrogen) atoms. The van der Waals surface area contributed by atoms with Crippen molar-refractivity contribution in [3.63, 3.8) is 0 Å². The first-order valence-corrected chi connectivity index (χ1v) is 6.39. The van der Waals surface area contributed by atoms with Gasteiger partial charge in [-0.05, 0) is 24.4 Å². The molecule has 0 spiro atoms. The van der Waals surface area contributed by atoms with E-state index in [0.717, 1.165) is 38.0 Å². The highest BCUT2D eigenvalue weighted by molar-refractivity contribution is 6.28. The highest BCUT2D eigenvalue weighted by Crippen LogP contribution is 2.29. The molecule has 1 aliphatic heterocycles. The molecular weight excluding hydrogens is 238 g/mol. The van der Waals surface area contributed by atoms with Crippen LogP contribution in [0.4, 0.5) is 11.5 Å². The molecule has 0 aromatic carbocycles. The normalized spacial score (nSPS) is 21.8. The number of nitrogens with zero attached hydrogens (tertiary/aromatic N) is 4. The summed E-state index contributed by atoms with van der Waals surface area (Å²) in [6.45, 7) is 4.11. The van der Waals surface area contributed by atoms with E-state index in [1.165, 1.54) is 12.8 Å². The first kappa shape index (κ1) is 11.0. The third-order valence-corrected chi connectivity index (χ3v) is 3.63. The Bertz CT molecular complexity index is 412. The summed E-state index contributed by atoms with van der Waals surface area (Å²) >= 11 is 5.81. The standard InChI is InChI=1S/C11H16ClN5/c12-11-14-7-9(13)10(15-11)17-5-3-16(4-6-17)8-1-2-8/h7-8H,1-6,13H2. The van der Waals surface area contributed by atoms with Crippen LogP contribution in [0, 0.1) is 0 Å². The van der Waals surface area contributed by atoms with Gasteiger partial charge in [-0.25, -0.2) is 4.98 Å². The molecule has 2 fully saturated rings. The van der Waals surface area contributed by atoms with Crippen molar-refractivity contribution in [1.82, 2.24) is 14.9 Å². The summed E-state index contributed by atoms with van der Waals surface area (Å²) < 4.78 is 0. The fourth-order valence-electron chi connectivity index (χ4n) is 2.35. The summed E-state index contributed by atoms with van der Waals surface area (Å²) in [6, 6.07) is 0.837. The molecule has 2 N–H and O–H groups in total. The van der Waals surface area contributed by atoms with E-state index in [2.05, 4.69) is 19.8 Å². The Morgan fingerprint density at radius 2 is 1.94 bits per heavy atom. The number of nitrogen functional groups attached to an aromatic ring is 1. The summed E-state index contributed by atoms with van der Waals surface area (Å²) in [5.41, 5.74) is 6.49. The maximum atomic E-state index is 5.89. The summed E-state index contributed by atoms with van der Waals surface area (Å²) in [4.78, 5) is 12.8. The molecule has 5 nitrogen and oxygen atoms in total. The van der Waals surface area contributed by atoms with Crippen LogP contribution in [0.25, 0.3) is 0 Å². The Balaban J connectivity index is 1.70. The van der Waals surface area contributed by atoms with Gasteiger partial charge >= 0.3 is 0 Å². The maximum absolute atomic E-state index is 5.89. The zero-order valence-corrected chi connectivity index (χ0v) is 10.4. The molecule has 1 aromatic rings. The third-order valence-electron chi connectivity index (χ3n) is 3.44. The van der Waals surface area contributed by atoms with E-state index >= 15 is 0 Å². The lowest BCUT2D eigenvalue weighted by atomic mass is 10.3. The average molecular weight is 254 g/mol. The van der Waals surface area contributed by atoms with Crippen LogP contribution < -0.4 is 10.6 Å². The van der Waals surface area contributed by atoms with Gasteiger partial charge < -0.3 is 10.6 Å². The van der Waals surface area contributed by atoms with Gasteiger partial charge in [0.1, 0.15) is 0 Å². The van der Waals surface area contributed by atoms with E-state index in [1.807, 2.05) is 0 Å². The van der Waals surface area contributed by atoms with Gasteiger partial charge in [-0.15, -0.1) is 0 Å². The lowest BCUT2D eigenvalue weighted by Crippen LogP contribution is -2.47. The molecule has 1 aliphatic carbocycles. The number of nitrogens with two attached hydrogens (primary N) is 1. The molecule has 0 unspecified atom stereocenters. The van der Waals surface area contributed by atoms with Gasteiger partial charge in [0.25, 0.3) is 0 Å². The molecule has 0 bridgehead atoms. The molecule has 0 amide bonds. The van der Waals surface area contributed by atoms with E-state index in [-0.39, 0.29) is 5.28 Å². The molecular formula is C11H16ClN5. The Kier molecular flexibility index (Phi) is 2.80. The number of rotatable bonds is 2. The number of anilines is 2. The smallest absolute Gasteiger partial charge is 0.224 e. The predicted molar refractivity (Wildman–Crippen MR) is 68.3 cm³/mol. The van der Waals surface area contributed by atoms with E-state index in [4.69, 9.17) is 17.3 Å². The van der Waals surface area contributed by atoms with Gasteiger partial charge in [0.05, 0.1) is 11.9 Å². The minimum absolute atomic E-state index is 0.263. The Morgan fingerprint density at radius 3 is 2.59 bits per heavy atom. The predicted octanol–water partition coefficient (Wildman–Crippen LogP) is 0.997. The lowest BCUT2D eigenvalue weighted by Gasteiger charge is -2.35. The third kappa shape index (κ3) is 2.30. The van der Waals surface area contributed by atoms with Crippen LogP contribution in [0.5, 0.6) is 0 Å². The van der Waals surface area contributed by atoms with Crippen molar-refractivity contribution >= 4 is 23.1 Å². The van der Waals surface area contributed by atoms with Crippen LogP contribution >= 0.6 is 11.6 Å². The van der Waals surface area contributed by atoms with Crippen molar-refractivity contribution in [2.24, 2.45) is 0 Å². The van der Waals surface area contributed by atoms with Crippen molar-refractivity contribution in [2.45, 2.75) is 18.9 Å². The van der Waals surface area contributed by atoms with Crippen LogP contribution in [-0.4, -0.2) is 47.1 Å². The molecule has 92 valence electrons. The van der Waals surface area contributed by atoms with Crippen LogP contribution in [0.2, 0.25) is 5.28 Å². The van der Waals surface area contributed by atoms with E-state index < -0.39 is 0 Å². The fourth-order valence-corrected chi connectivity index (χ4v) is 2.48. The van der Waals surface area contributed by atoms with Gasteiger partial charge in [0, 0.05) is 32.2 Å². The first-order chi connectivity index (χ1) is 8.24. The van der Waals surface area contributed by atoms with Crippen molar-refractivity contribution < 1.29 is 0 Å². The largest absolute Gasteiger partial charge is 0.394 e. The summed E-state index contributed by atoms with van der Waals surface area (Å²) in [7, 11) is 0. The quantitative estimate of drug-likeness (QED) is 0.797. The zero-order valence-electron chi connectivity index (χ0n) is 9.64. The van der Waals surface area contributed by atoms with Gasteiger partial charge in [-0.3, -0.25) is 4.90 Å². The van der Waals surface area contributed by atoms with Gasteiger partial charge in [-0.1, -0.05) is 0 Å². The van der Waals surface area contributed by atoms with Gasteiger partial charge in [0.15, 0.2) is 5.82 Å². The molecule has 0 atom stereocenters. The van der Waals surface area contributed by atoms with Gasteiger partial charge in [0.2, 0.25) is 5.28 Å². The maximum Gasteiger partial charge on any atom is 0.224 e. The van der Waals surface area contributed by atoms with Crippen molar-refractivity contribution in [1.29, 1.82) is 0 Å². The van der Waals surface area contributed by atoms with Gasteiger partial charge in [-0.2, -0.15) is 4.98 Å². The number of piperazine rings is 1. The molecule has 6 heteroatoms. The number of aromatic nitrogens is 2. The van der Waals surface area contributed by atoms with Crippen LogP contribution in [-0.2, 0) is 0 Å². The van der Waals surface area contributed by atoms with Crippen molar-refractivity contribution in [3.05, 3.63) is 11.5 Å². The summed E-state index contributed by atoms with van der Waals surface area (Å²) in [5, 5.41) is 0.263. The number of hydrogen-bond donors (Lipinski definition) is 1. The van der Waals surface area contributed by atoms with E-state index in [1.54, 1.807) is 6.20 Å². The first-order valence-electron chi connectivity index (χ1n) is 6.01. The van der Waals surface area contributed by atoms with Crippen molar-refractivity contribution in [2.75, 3.05) is 36.8 Å². The fraction of sp³-hybridized carbons (Fsp3) is 0.636. The highest BCUT2D eigenvalue weighted by atomic mass is 35.5. The van der Waals surface area contributed by atoms with Crippen LogP contribution in [0.15, 0.2) is 6.20 Å². The Labute approximate surface area is 106 Å². The average Bonchev–Trinajstić information content (AvgIpc) is 3.17. The van der Waals surface area contributed by atoms with Crippen molar-refractivity contribution in [3.8, 4) is 0 Å². The van der Waals surface area contributed by atoms with E-state index in [9.17, 15) is 0 Å². The Morgan fingerprint density at radius 1 is 1.24 bits per heavy atom. The topological polar surface area (TPSA) is 58.3 Å². The lowest BCUT2D eigenvalue weighted by molar-refractivity contribution is 0.247. The van der Waals surface area contributed by atoms with E-state index in [0.29, 0.717) is 5.69 Å². The zero-order chi connectivity index (χ0) is 11.8. The monoisotopic (exact) mass is 253 g/mol. The summed E-state index contributed by atoms with van der Waals surface area (Å²) in [5.74, 6) is 0.778. The number of hydrogen-bond acceptors (Lipinski definition) is 5. The Hall–Kier alpha value is -1.07. The second kappa shape index (κ2) is 4.31. The SMILES string of the molecule is Nc1cnc(Cl)nc1N1CCN(C2CC2)CC1. The minimum atomic E-state index is 0.263. The second-order valence-corrected chi connectivity index (χ2v) is 5.01. The molecule has 2 aliphatic rings. The molecule has 2 heterocycles. The molecule has 1 aromatic heterocycles. The molecule has 3 rings (SSSR count). The minimum Gasteiger partial charge on any atom is -0.394 e. The van der Waals surface area contributed by atoms with Crippen LogP contribution in [0.1, 0.15) is 12.8 Å². The van der Waals surface area contributed by atoms with Crippen LogP contribution in [0.3, 0.4) is 0 Å². The molecule has 0 radical (unpaired) electrons. The molecule has 1 saturated carbocycles.